The Hall–Kier alpha value is 0.640. The Kier molecular flexibility index (Phi) is 8.24. The number of rotatable bonds is 6. The average Bonchev–Trinajstić information content (AvgIpc) is 1.99. The van der Waals surface area contributed by atoms with Gasteiger partial charge in [-0.1, -0.05) is 13.8 Å². The summed E-state index contributed by atoms with van der Waals surface area (Å²) in [4.78, 5) is 0. The predicted molar refractivity (Wildman–Crippen MR) is 52.2 cm³/mol. The van der Waals surface area contributed by atoms with Gasteiger partial charge >= 0.3 is 0 Å². The number of hydrogen-bond acceptors (Lipinski definition) is 1. The monoisotopic (exact) mass is 180 g/mol. The molecule has 0 bridgehead atoms. The van der Waals surface area contributed by atoms with Crippen molar-refractivity contribution in [3.8, 4) is 0 Å². The molecule has 0 nitrogen and oxygen atoms in total. The smallest absolute Gasteiger partial charge is 0.0231 e. The molecule has 0 N–H and O–H groups in total. The Labute approximate surface area is 73.7 Å². The minimum Gasteiger partial charge on any atom is -0.159 e. The van der Waals surface area contributed by atoms with E-state index < -0.39 is 0 Å². The van der Waals surface area contributed by atoms with E-state index in [1.807, 2.05) is 0 Å². The maximum atomic E-state index is 5.56. The lowest BCUT2D eigenvalue weighted by Crippen LogP contribution is -1.99. The molecule has 0 aliphatic carbocycles. The molecule has 0 aromatic rings. The quantitative estimate of drug-likeness (QED) is 0.445. The third-order valence-corrected chi connectivity index (χ3v) is 3.47. The molecule has 0 aliphatic rings. The van der Waals surface area contributed by atoms with E-state index in [-0.39, 0.29) is 0 Å². The van der Waals surface area contributed by atoms with Crippen LogP contribution in [0.5, 0.6) is 0 Å². The molecule has 0 atom stereocenters. The molecule has 0 aliphatic heterocycles. The van der Waals surface area contributed by atoms with E-state index in [2.05, 4.69) is 25.6 Å². The second kappa shape index (κ2) is 7.74. The molecule has 0 spiro atoms. The van der Waals surface area contributed by atoms with Gasteiger partial charge in [0.25, 0.3) is 0 Å². The summed E-state index contributed by atoms with van der Waals surface area (Å²) in [7, 11) is 0. The van der Waals surface area contributed by atoms with Crippen molar-refractivity contribution in [1.29, 1.82) is 0 Å². The molecule has 0 saturated heterocycles. The van der Waals surface area contributed by atoms with Gasteiger partial charge in [-0.25, -0.2) is 0 Å². The highest BCUT2D eigenvalue weighted by Gasteiger charge is 2.01. The molecule has 0 fully saturated rings. The van der Waals surface area contributed by atoms with Gasteiger partial charge < -0.3 is 0 Å². The Morgan fingerprint density at radius 3 is 2.30 bits per heavy atom. The highest BCUT2D eigenvalue weighted by Crippen LogP contribution is 2.18. The summed E-state index contributed by atoms with van der Waals surface area (Å²) in [5.41, 5.74) is 0. The standard InChI is InChI=1S/C8H17ClS/c1-3-8(4-2)10-7-5-6-9/h8H,3-7H2,1-2H3. The molecule has 0 saturated carbocycles. The lowest BCUT2D eigenvalue weighted by molar-refractivity contribution is 0.791. The maximum Gasteiger partial charge on any atom is 0.0231 e. The first kappa shape index (κ1) is 10.6. The summed E-state index contributed by atoms with van der Waals surface area (Å²) >= 11 is 7.62. The first-order valence-electron chi connectivity index (χ1n) is 4.02. The van der Waals surface area contributed by atoms with Crippen molar-refractivity contribution < 1.29 is 0 Å². The van der Waals surface area contributed by atoms with E-state index in [9.17, 15) is 0 Å². The van der Waals surface area contributed by atoms with Crippen molar-refractivity contribution in [2.45, 2.75) is 38.4 Å². The van der Waals surface area contributed by atoms with Crippen LogP contribution in [0.2, 0.25) is 0 Å². The molecule has 0 heterocycles. The number of alkyl halides is 1. The van der Waals surface area contributed by atoms with Crippen molar-refractivity contribution >= 4 is 23.4 Å². The second-order valence-corrected chi connectivity index (χ2v) is 4.14. The van der Waals surface area contributed by atoms with E-state index in [0.717, 1.165) is 17.6 Å². The van der Waals surface area contributed by atoms with Gasteiger partial charge in [-0.15, -0.1) is 11.6 Å². The summed E-state index contributed by atoms with van der Waals surface area (Å²) in [6.07, 6.45) is 3.75. The van der Waals surface area contributed by atoms with Crippen molar-refractivity contribution in [1.82, 2.24) is 0 Å². The topological polar surface area (TPSA) is 0 Å². The van der Waals surface area contributed by atoms with E-state index in [4.69, 9.17) is 11.6 Å². The minimum atomic E-state index is 0.813. The van der Waals surface area contributed by atoms with Crippen molar-refractivity contribution in [2.75, 3.05) is 11.6 Å². The molecular weight excluding hydrogens is 164 g/mol. The Balaban J connectivity index is 3.09. The normalized spacial score (nSPS) is 10.8. The summed E-state index contributed by atoms with van der Waals surface area (Å²) in [6.45, 7) is 4.50. The highest BCUT2D eigenvalue weighted by molar-refractivity contribution is 7.99. The number of halogens is 1. The second-order valence-electron chi connectivity index (χ2n) is 2.35. The summed E-state index contributed by atoms with van der Waals surface area (Å²) in [6, 6.07) is 0. The van der Waals surface area contributed by atoms with Crippen LogP contribution >= 0.6 is 23.4 Å². The fourth-order valence-corrected chi connectivity index (χ4v) is 2.24. The lowest BCUT2D eigenvalue weighted by atomic mass is 10.3. The van der Waals surface area contributed by atoms with Crippen LogP contribution in [-0.2, 0) is 0 Å². The first-order chi connectivity index (χ1) is 4.85. The molecule has 2 heteroatoms. The molecule has 0 amide bonds. The fraction of sp³-hybridized carbons (Fsp3) is 1.00. The van der Waals surface area contributed by atoms with Gasteiger partial charge in [0, 0.05) is 11.1 Å². The molecule has 0 aromatic carbocycles. The molecule has 10 heavy (non-hydrogen) atoms. The fourth-order valence-electron chi connectivity index (χ4n) is 0.829. The van der Waals surface area contributed by atoms with E-state index in [0.29, 0.717) is 0 Å². The van der Waals surface area contributed by atoms with Crippen LogP contribution in [0, 0.1) is 0 Å². The highest BCUT2D eigenvalue weighted by atomic mass is 35.5. The van der Waals surface area contributed by atoms with E-state index in [1.54, 1.807) is 0 Å². The van der Waals surface area contributed by atoms with Gasteiger partial charge in [-0.05, 0) is 25.0 Å². The van der Waals surface area contributed by atoms with Crippen LogP contribution in [0.15, 0.2) is 0 Å². The van der Waals surface area contributed by atoms with Crippen LogP contribution in [0.25, 0.3) is 0 Å². The third-order valence-electron chi connectivity index (χ3n) is 1.54. The summed E-state index contributed by atoms with van der Waals surface area (Å²) in [5.74, 6) is 2.04. The van der Waals surface area contributed by atoms with E-state index in [1.165, 1.54) is 18.6 Å². The van der Waals surface area contributed by atoms with Gasteiger partial charge in [0.05, 0.1) is 0 Å². The van der Waals surface area contributed by atoms with Gasteiger partial charge in [0.15, 0.2) is 0 Å². The Morgan fingerprint density at radius 2 is 1.90 bits per heavy atom. The minimum absolute atomic E-state index is 0.813. The molecule has 0 aromatic heterocycles. The zero-order valence-electron chi connectivity index (χ0n) is 6.90. The van der Waals surface area contributed by atoms with Crippen molar-refractivity contribution in [3.05, 3.63) is 0 Å². The molecule has 0 rings (SSSR count). The Bertz CT molecular complexity index is 62.3. The predicted octanol–water partition coefficient (Wildman–Crippen LogP) is 3.54. The van der Waals surface area contributed by atoms with Crippen molar-refractivity contribution in [2.24, 2.45) is 0 Å². The first-order valence-corrected chi connectivity index (χ1v) is 5.61. The largest absolute Gasteiger partial charge is 0.159 e. The van der Waals surface area contributed by atoms with E-state index >= 15 is 0 Å². The van der Waals surface area contributed by atoms with Crippen LogP contribution in [0.1, 0.15) is 33.1 Å². The zero-order valence-corrected chi connectivity index (χ0v) is 8.47. The van der Waals surface area contributed by atoms with Gasteiger partial charge in [-0.2, -0.15) is 11.8 Å². The van der Waals surface area contributed by atoms with Gasteiger partial charge in [-0.3, -0.25) is 0 Å². The van der Waals surface area contributed by atoms with Crippen LogP contribution in [0.3, 0.4) is 0 Å². The van der Waals surface area contributed by atoms with Crippen LogP contribution in [-0.4, -0.2) is 16.9 Å². The van der Waals surface area contributed by atoms with Crippen LogP contribution in [0.4, 0.5) is 0 Å². The van der Waals surface area contributed by atoms with Crippen molar-refractivity contribution in [3.63, 3.8) is 0 Å². The van der Waals surface area contributed by atoms with Gasteiger partial charge in [0.1, 0.15) is 0 Å². The lowest BCUT2D eigenvalue weighted by Gasteiger charge is -2.10. The zero-order chi connectivity index (χ0) is 7.82. The SMILES string of the molecule is CCC(CC)SCCCCl. The molecule has 0 radical (unpaired) electrons. The van der Waals surface area contributed by atoms with Gasteiger partial charge in [0.2, 0.25) is 0 Å². The van der Waals surface area contributed by atoms with Crippen LogP contribution < -0.4 is 0 Å². The Morgan fingerprint density at radius 1 is 1.30 bits per heavy atom. The summed E-state index contributed by atoms with van der Waals surface area (Å²) in [5, 5.41) is 0.864. The molecular formula is C8H17ClS. The molecule has 0 unspecified atom stereocenters. The summed E-state index contributed by atoms with van der Waals surface area (Å²) < 4.78 is 0. The number of thioether (sulfide) groups is 1. The average molecular weight is 181 g/mol. The third kappa shape index (κ3) is 5.43. The molecule has 62 valence electrons. The maximum absolute atomic E-state index is 5.56. The number of hydrogen-bond donors (Lipinski definition) is 0.